The quantitative estimate of drug-likeness (QED) is 0.380. The summed E-state index contributed by atoms with van der Waals surface area (Å²) in [4.78, 5) is 21.5. The first-order valence-electron chi connectivity index (χ1n) is 8.18. The summed E-state index contributed by atoms with van der Waals surface area (Å²) >= 11 is 11.9. The van der Waals surface area contributed by atoms with Gasteiger partial charge in [0.15, 0.2) is 0 Å². The fourth-order valence-corrected chi connectivity index (χ4v) is 2.68. The van der Waals surface area contributed by atoms with Crippen LogP contribution in [0.25, 0.3) is 0 Å². The molecule has 10 heteroatoms. The molecule has 0 aliphatic heterocycles. The Morgan fingerprint density at radius 1 is 1.29 bits per heavy atom. The lowest BCUT2D eigenvalue weighted by atomic mass is 10.1. The number of pyridine rings is 1. The molecule has 0 radical (unpaired) electrons. The van der Waals surface area contributed by atoms with Crippen LogP contribution in [0, 0.1) is 0 Å². The largest absolute Gasteiger partial charge is 0.417 e. The Labute approximate surface area is 169 Å². The van der Waals surface area contributed by atoms with E-state index in [4.69, 9.17) is 28.0 Å². The summed E-state index contributed by atoms with van der Waals surface area (Å²) in [5, 5.41) is 6.76. The van der Waals surface area contributed by atoms with E-state index in [1.807, 2.05) is 6.92 Å². The zero-order valence-corrected chi connectivity index (χ0v) is 16.2. The van der Waals surface area contributed by atoms with Gasteiger partial charge in [-0.2, -0.15) is 13.2 Å². The topological polar surface area (TPSA) is 63.6 Å². The molecule has 0 saturated heterocycles. The SMILES string of the molecule is CCCON=C(CNC(=O)c1ccccc1C(F)(F)F)c1ncc(Cl)cc1Cl. The van der Waals surface area contributed by atoms with Crippen LogP contribution < -0.4 is 5.32 Å². The zero-order chi connectivity index (χ0) is 20.7. The molecule has 0 atom stereocenters. The number of nitrogens with one attached hydrogen (secondary N) is 1. The Kier molecular flexibility index (Phi) is 7.65. The van der Waals surface area contributed by atoms with Gasteiger partial charge in [0.25, 0.3) is 5.91 Å². The Hall–Kier alpha value is -2.32. The highest BCUT2D eigenvalue weighted by molar-refractivity contribution is 6.36. The van der Waals surface area contributed by atoms with Gasteiger partial charge in [0.2, 0.25) is 0 Å². The molecule has 1 amide bonds. The maximum atomic E-state index is 13.1. The number of benzene rings is 1. The van der Waals surface area contributed by atoms with E-state index < -0.39 is 23.2 Å². The molecule has 0 aliphatic rings. The molecule has 1 N–H and O–H groups in total. The van der Waals surface area contributed by atoms with Crippen LogP contribution in [0.2, 0.25) is 10.0 Å². The van der Waals surface area contributed by atoms with Gasteiger partial charge < -0.3 is 10.2 Å². The molecular weight excluding hydrogens is 418 g/mol. The fourth-order valence-electron chi connectivity index (χ4n) is 2.19. The molecule has 1 aromatic carbocycles. The molecule has 0 unspecified atom stereocenters. The van der Waals surface area contributed by atoms with E-state index in [2.05, 4.69) is 15.5 Å². The minimum absolute atomic E-state index is 0.146. The van der Waals surface area contributed by atoms with Gasteiger partial charge in [-0.3, -0.25) is 9.78 Å². The number of alkyl halides is 3. The maximum Gasteiger partial charge on any atom is 0.417 e. The predicted molar refractivity (Wildman–Crippen MR) is 101 cm³/mol. The lowest BCUT2D eigenvalue weighted by molar-refractivity contribution is -0.137. The normalized spacial score (nSPS) is 12.0. The van der Waals surface area contributed by atoms with Gasteiger partial charge in [-0.05, 0) is 24.6 Å². The third-order valence-electron chi connectivity index (χ3n) is 3.44. The maximum absolute atomic E-state index is 13.1. The average Bonchev–Trinajstić information content (AvgIpc) is 2.64. The molecule has 2 rings (SSSR count). The summed E-state index contributed by atoms with van der Waals surface area (Å²) in [7, 11) is 0. The van der Waals surface area contributed by atoms with Gasteiger partial charge in [0, 0.05) is 6.20 Å². The van der Waals surface area contributed by atoms with E-state index >= 15 is 0 Å². The van der Waals surface area contributed by atoms with Crippen LogP contribution in [0.4, 0.5) is 13.2 Å². The van der Waals surface area contributed by atoms with Crippen LogP contribution in [-0.2, 0) is 11.0 Å². The van der Waals surface area contributed by atoms with E-state index in [-0.39, 0.29) is 23.0 Å². The molecule has 150 valence electrons. The number of hydrogen-bond donors (Lipinski definition) is 1. The lowest BCUT2D eigenvalue weighted by Crippen LogP contribution is -2.32. The highest BCUT2D eigenvalue weighted by atomic mass is 35.5. The summed E-state index contributed by atoms with van der Waals surface area (Å²) in [6, 6.07) is 5.92. The average molecular weight is 434 g/mol. The van der Waals surface area contributed by atoms with Crippen LogP contribution in [0.5, 0.6) is 0 Å². The van der Waals surface area contributed by atoms with Crippen molar-refractivity contribution in [3.63, 3.8) is 0 Å². The molecule has 28 heavy (non-hydrogen) atoms. The van der Waals surface area contributed by atoms with Gasteiger partial charge in [-0.15, -0.1) is 0 Å². The van der Waals surface area contributed by atoms with E-state index in [0.29, 0.717) is 18.1 Å². The summed E-state index contributed by atoms with van der Waals surface area (Å²) in [6.07, 6.45) is -2.64. The van der Waals surface area contributed by atoms with Crippen molar-refractivity contribution in [3.8, 4) is 0 Å². The molecular formula is C18H16Cl2F3N3O2. The minimum atomic E-state index is -4.66. The highest BCUT2D eigenvalue weighted by Gasteiger charge is 2.34. The molecule has 0 bridgehead atoms. The van der Waals surface area contributed by atoms with Gasteiger partial charge in [0.1, 0.15) is 18.0 Å². The Balaban J connectivity index is 2.24. The van der Waals surface area contributed by atoms with Crippen LogP contribution in [-0.4, -0.2) is 29.8 Å². The Bertz CT molecular complexity index is 873. The van der Waals surface area contributed by atoms with Gasteiger partial charge in [-0.1, -0.05) is 47.4 Å². The number of amides is 1. The molecule has 0 saturated carbocycles. The molecule has 5 nitrogen and oxygen atoms in total. The lowest BCUT2D eigenvalue weighted by Gasteiger charge is -2.13. The van der Waals surface area contributed by atoms with Crippen LogP contribution in [0.15, 0.2) is 41.7 Å². The number of aromatic nitrogens is 1. The van der Waals surface area contributed by atoms with Crippen LogP contribution >= 0.6 is 23.2 Å². The highest BCUT2D eigenvalue weighted by Crippen LogP contribution is 2.31. The zero-order valence-electron chi connectivity index (χ0n) is 14.7. The molecule has 2 aromatic rings. The standard InChI is InChI=1S/C18H16Cl2F3N3O2/c1-2-7-28-26-15(16-14(20)8-11(19)9-24-16)10-25-17(27)12-5-3-4-6-13(12)18(21,22)23/h3-6,8-9H,2,7,10H2,1H3,(H,25,27). The first-order chi connectivity index (χ1) is 13.2. The van der Waals surface area contributed by atoms with Crippen molar-refractivity contribution < 1.29 is 22.8 Å². The van der Waals surface area contributed by atoms with E-state index in [0.717, 1.165) is 12.1 Å². The van der Waals surface area contributed by atoms with Gasteiger partial charge in [0.05, 0.1) is 27.7 Å². The Morgan fingerprint density at radius 2 is 2.00 bits per heavy atom. The molecule has 0 aliphatic carbocycles. The summed E-state index contributed by atoms with van der Waals surface area (Å²) in [6.45, 7) is 1.93. The van der Waals surface area contributed by atoms with Crippen LogP contribution in [0.3, 0.4) is 0 Å². The number of hydrogen-bond acceptors (Lipinski definition) is 4. The van der Waals surface area contributed by atoms with Gasteiger partial charge in [-0.25, -0.2) is 0 Å². The van der Waals surface area contributed by atoms with E-state index in [9.17, 15) is 18.0 Å². The van der Waals surface area contributed by atoms with E-state index in [1.54, 1.807) is 0 Å². The third kappa shape index (κ3) is 5.84. The molecule has 0 fully saturated rings. The molecule has 1 aromatic heterocycles. The minimum Gasteiger partial charge on any atom is -0.395 e. The number of oxime groups is 1. The van der Waals surface area contributed by atoms with Crippen molar-refractivity contribution in [3.05, 3.63) is 63.4 Å². The summed E-state index contributed by atoms with van der Waals surface area (Å²) in [5.41, 5.74) is -1.19. The first kappa shape index (κ1) is 22.0. The van der Waals surface area contributed by atoms with E-state index in [1.165, 1.54) is 24.4 Å². The van der Waals surface area contributed by atoms with Crippen molar-refractivity contribution >= 4 is 34.8 Å². The first-order valence-corrected chi connectivity index (χ1v) is 8.94. The fraction of sp³-hybridized carbons (Fsp3) is 0.278. The second-order valence-corrected chi connectivity index (χ2v) is 6.42. The van der Waals surface area contributed by atoms with Gasteiger partial charge >= 0.3 is 6.18 Å². The van der Waals surface area contributed by atoms with Crippen LogP contribution in [0.1, 0.15) is 35.0 Å². The van der Waals surface area contributed by atoms with Crippen molar-refractivity contribution in [2.24, 2.45) is 5.16 Å². The van der Waals surface area contributed by atoms with Crippen molar-refractivity contribution in [2.75, 3.05) is 13.2 Å². The van der Waals surface area contributed by atoms with Crippen molar-refractivity contribution in [1.29, 1.82) is 0 Å². The number of nitrogens with zero attached hydrogens (tertiary/aromatic N) is 2. The Morgan fingerprint density at radius 3 is 2.64 bits per heavy atom. The summed E-state index contributed by atoms with van der Waals surface area (Å²) in [5.74, 6) is -0.916. The van der Waals surface area contributed by atoms with Crippen molar-refractivity contribution in [1.82, 2.24) is 10.3 Å². The number of halogens is 5. The number of carbonyl (C=O) groups excluding carboxylic acids is 1. The monoisotopic (exact) mass is 433 g/mol. The smallest absolute Gasteiger partial charge is 0.395 e. The predicted octanol–water partition coefficient (Wildman–Crippen LogP) is 4.97. The number of rotatable bonds is 7. The molecule has 0 spiro atoms. The second kappa shape index (κ2) is 9.75. The third-order valence-corrected chi connectivity index (χ3v) is 3.94. The molecule has 1 heterocycles. The number of carbonyl (C=O) groups is 1. The van der Waals surface area contributed by atoms with Crippen molar-refractivity contribution in [2.45, 2.75) is 19.5 Å². The second-order valence-electron chi connectivity index (χ2n) is 5.58. The summed E-state index contributed by atoms with van der Waals surface area (Å²) < 4.78 is 39.3.